The van der Waals surface area contributed by atoms with Gasteiger partial charge in [0.05, 0.1) is 35.6 Å². The molecule has 2 heterocycles. The van der Waals surface area contributed by atoms with Gasteiger partial charge in [0.1, 0.15) is 5.03 Å². The van der Waals surface area contributed by atoms with Crippen LogP contribution in [-0.4, -0.2) is 30.0 Å². The quantitative estimate of drug-likeness (QED) is 0.294. The van der Waals surface area contributed by atoms with Gasteiger partial charge in [0, 0.05) is 5.75 Å². The van der Waals surface area contributed by atoms with Crippen molar-refractivity contribution in [2.45, 2.75) is 31.2 Å². The van der Waals surface area contributed by atoms with E-state index in [-0.39, 0.29) is 0 Å². The summed E-state index contributed by atoms with van der Waals surface area (Å²) in [5.74, 6) is 1.33. The SMILES string of the molecule is Cc1ccc(-n2ncc(-c3nnn(Cc4ccc(C#N)cc4)n3)c2SCc2ccccc2)c(C)c1. The van der Waals surface area contributed by atoms with Crippen LogP contribution in [0.4, 0.5) is 0 Å². The molecule has 5 rings (SSSR count). The van der Waals surface area contributed by atoms with Crippen molar-refractivity contribution < 1.29 is 0 Å². The van der Waals surface area contributed by atoms with Gasteiger partial charge in [-0.05, 0) is 54.0 Å². The van der Waals surface area contributed by atoms with Gasteiger partial charge in [-0.3, -0.25) is 0 Å². The molecular formula is C27H23N7S. The van der Waals surface area contributed by atoms with E-state index in [2.05, 4.69) is 77.8 Å². The van der Waals surface area contributed by atoms with Crippen LogP contribution >= 0.6 is 11.8 Å². The third-order valence-corrected chi connectivity index (χ3v) is 6.77. The Morgan fingerprint density at radius 3 is 2.49 bits per heavy atom. The second kappa shape index (κ2) is 9.95. The molecule has 35 heavy (non-hydrogen) atoms. The standard InChI is InChI=1S/C27H23N7S/c1-19-8-13-25(20(2)14-19)34-27(35-18-23-6-4-3-5-7-23)24(16-29-34)26-30-32-33(31-26)17-22-11-9-21(15-28)10-12-22/h3-14,16H,17-18H2,1-2H3. The Labute approximate surface area is 208 Å². The lowest BCUT2D eigenvalue weighted by molar-refractivity contribution is 0.573. The van der Waals surface area contributed by atoms with Gasteiger partial charge in [-0.1, -0.05) is 60.2 Å². The summed E-state index contributed by atoms with van der Waals surface area (Å²) >= 11 is 1.71. The molecule has 0 N–H and O–H groups in total. The number of tetrazole rings is 1. The molecule has 0 amide bonds. The molecule has 0 radical (unpaired) electrons. The van der Waals surface area contributed by atoms with E-state index in [0.717, 1.165) is 33.2 Å². The average molecular weight is 478 g/mol. The molecule has 8 heteroatoms. The summed E-state index contributed by atoms with van der Waals surface area (Å²) in [4.78, 5) is 1.57. The topological polar surface area (TPSA) is 85.2 Å². The molecule has 0 unspecified atom stereocenters. The number of nitriles is 1. The second-order valence-electron chi connectivity index (χ2n) is 8.29. The zero-order valence-corrected chi connectivity index (χ0v) is 20.3. The predicted molar refractivity (Wildman–Crippen MR) is 136 cm³/mol. The first-order valence-corrected chi connectivity index (χ1v) is 12.2. The predicted octanol–water partition coefficient (Wildman–Crippen LogP) is 5.35. The smallest absolute Gasteiger partial charge is 0.209 e. The van der Waals surface area contributed by atoms with E-state index in [1.807, 2.05) is 29.1 Å². The van der Waals surface area contributed by atoms with E-state index >= 15 is 0 Å². The molecular weight excluding hydrogens is 454 g/mol. The fraction of sp³-hybridized carbons (Fsp3) is 0.148. The number of benzene rings is 3. The molecule has 0 saturated carbocycles. The summed E-state index contributed by atoms with van der Waals surface area (Å²) in [6, 6.07) is 26.3. The van der Waals surface area contributed by atoms with Crippen LogP contribution in [0.25, 0.3) is 17.1 Å². The van der Waals surface area contributed by atoms with Crippen molar-refractivity contribution in [2.75, 3.05) is 0 Å². The van der Waals surface area contributed by atoms with Crippen molar-refractivity contribution in [3.05, 3.63) is 107 Å². The number of rotatable bonds is 7. The van der Waals surface area contributed by atoms with Gasteiger partial charge in [-0.2, -0.15) is 15.2 Å². The van der Waals surface area contributed by atoms with E-state index in [0.29, 0.717) is 17.9 Å². The number of hydrogen-bond donors (Lipinski definition) is 0. The van der Waals surface area contributed by atoms with Crippen LogP contribution in [0.5, 0.6) is 0 Å². The molecule has 0 saturated heterocycles. The van der Waals surface area contributed by atoms with Gasteiger partial charge in [0.15, 0.2) is 0 Å². The Morgan fingerprint density at radius 2 is 1.74 bits per heavy atom. The second-order valence-corrected chi connectivity index (χ2v) is 9.26. The highest BCUT2D eigenvalue weighted by Crippen LogP contribution is 2.34. The third kappa shape index (κ3) is 5.00. The Morgan fingerprint density at radius 1 is 0.943 bits per heavy atom. The van der Waals surface area contributed by atoms with Crippen molar-refractivity contribution in [1.29, 1.82) is 5.26 Å². The maximum absolute atomic E-state index is 9.01. The first-order valence-electron chi connectivity index (χ1n) is 11.2. The summed E-state index contributed by atoms with van der Waals surface area (Å²) in [7, 11) is 0. The van der Waals surface area contributed by atoms with Crippen LogP contribution in [-0.2, 0) is 12.3 Å². The Kier molecular flexibility index (Phi) is 6.42. The molecule has 7 nitrogen and oxygen atoms in total. The number of aromatic nitrogens is 6. The van der Waals surface area contributed by atoms with Crippen LogP contribution in [0.2, 0.25) is 0 Å². The van der Waals surface area contributed by atoms with Gasteiger partial charge >= 0.3 is 0 Å². The fourth-order valence-corrected chi connectivity index (χ4v) is 4.90. The molecule has 172 valence electrons. The zero-order chi connectivity index (χ0) is 24.2. The van der Waals surface area contributed by atoms with Crippen molar-refractivity contribution in [3.63, 3.8) is 0 Å². The lowest BCUT2D eigenvalue weighted by Gasteiger charge is -2.12. The van der Waals surface area contributed by atoms with E-state index < -0.39 is 0 Å². The molecule has 0 atom stereocenters. The lowest BCUT2D eigenvalue weighted by Crippen LogP contribution is -2.04. The fourth-order valence-electron chi connectivity index (χ4n) is 3.84. The minimum atomic E-state index is 0.469. The van der Waals surface area contributed by atoms with Crippen LogP contribution < -0.4 is 0 Å². The molecule has 0 bridgehead atoms. The lowest BCUT2D eigenvalue weighted by atomic mass is 10.1. The van der Waals surface area contributed by atoms with Crippen molar-refractivity contribution >= 4 is 11.8 Å². The normalized spacial score (nSPS) is 10.9. The maximum atomic E-state index is 9.01. The molecule has 3 aromatic carbocycles. The number of thioether (sulfide) groups is 1. The molecule has 0 aliphatic rings. The summed E-state index contributed by atoms with van der Waals surface area (Å²) in [6.45, 7) is 4.66. The van der Waals surface area contributed by atoms with E-state index in [1.165, 1.54) is 11.1 Å². The Hall–Kier alpha value is -4.22. The maximum Gasteiger partial charge on any atom is 0.209 e. The van der Waals surface area contributed by atoms with Crippen molar-refractivity contribution in [3.8, 4) is 23.1 Å². The van der Waals surface area contributed by atoms with Crippen LogP contribution in [0.1, 0.15) is 27.8 Å². The van der Waals surface area contributed by atoms with Crippen molar-refractivity contribution in [2.24, 2.45) is 0 Å². The van der Waals surface area contributed by atoms with E-state index in [9.17, 15) is 0 Å². The van der Waals surface area contributed by atoms with Gasteiger partial charge < -0.3 is 0 Å². The first-order chi connectivity index (χ1) is 17.1. The molecule has 0 aliphatic carbocycles. The Bertz CT molecular complexity index is 1500. The van der Waals surface area contributed by atoms with Gasteiger partial charge in [-0.25, -0.2) is 4.68 Å². The minimum Gasteiger partial charge on any atom is -0.226 e. The third-order valence-electron chi connectivity index (χ3n) is 5.62. The molecule has 0 spiro atoms. The molecule has 0 aliphatic heterocycles. The highest BCUT2D eigenvalue weighted by molar-refractivity contribution is 7.98. The number of hydrogen-bond acceptors (Lipinski definition) is 6. The number of nitrogens with zero attached hydrogens (tertiary/aromatic N) is 7. The number of aryl methyl sites for hydroxylation is 2. The summed E-state index contributed by atoms with van der Waals surface area (Å²) in [6.07, 6.45) is 1.82. The minimum absolute atomic E-state index is 0.469. The van der Waals surface area contributed by atoms with E-state index in [1.54, 1.807) is 28.7 Å². The Balaban J connectivity index is 1.48. The van der Waals surface area contributed by atoms with Gasteiger partial charge in [-0.15, -0.1) is 22.0 Å². The first kappa shape index (κ1) is 22.6. The van der Waals surface area contributed by atoms with Crippen LogP contribution in [0.3, 0.4) is 0 Å². The molecule has 5 aromatic rings. The summed E-state index contributed by atoms with van der Waals surface area (Å²) in [5, 5.41) is 27.9. The van der Waals surface area contributed by atoms with Gasteiger partial charge in [0.2, 0.25) is 5.82 Å². The van der Waals surface area contributed by atoms with Crippen LogP contribution in [0.15, 0.2) is 84.0 Å². The van der Waals surface area contributed by atoms with Crippen molar-refractivity contribution in [1.82, 2.24) is 30.0 Å². The van der Waals surface area contributed by atoms with Gasteiger partial charge in [0.25, 0.3) is 0 Å². The summed E-state index contributed by atoms with van der Waals surface area (Å²) < 4.78 is 1.97. The zero-order valence-electron chi connectivity index (χ0n) is 19.5. The highest BCUT2D eigenvalue weighted by Gasteiger charge is 2.20. The van der Waals surface area contributed by atoms with E-state index in [4.69, 9.17) is 10.4 Å². The summed E-state index contributed by atoms with van der Waals surface area (Å²) in [5.41, 5.74) is 7.09. The average Bonchev–Trinajstić information content (AvgIpc) is 3.51. The largest absolute Gasteiger partial charge is 0.226 e. The monoisotopic (exact) mass is 477 g/mol. The molecule has 2 aromatic heterocycles. The molecule has 0 fully saturated rings. The highest BCUT2D eigenvalue weighted by atomic mass is 32.2. The van der Waals surface area contributed by atoms with Crippen LogP contribution in [0, 0.1) is 25.2 Å².